The maximum absolute atomic E-state index is 11.5. The van der Waals surface area contributed by atoms with Crippen LogP contribution in [0.5, 0.6) is 5.75 Å². The molecule has 22 heavy (non-hydrogen) atoms. The number of amides is 1. The number of ether oxygens (including phenoxy) is 1. The van der Waals surface area contributed by atoms with Gasteiger partial charge in [0.05, 0.1) is 16.8 Å². The van der Waals surface area contributed by atoms with Crippen molar-refractivity contribution in [2.45, 2.75) is 0 Å². The van der Waals surface area contributed by atoms with E-state index in [9.17, 15) is 14.9 Å². The van der Waals surface area contributed by atoms with E-state index in [1.54, 1.807) is 18.2 Å². The van der Waals surface area contributed by atoms with E-state index in [-0.39, 0.29) is 12.4 Å². The van der Waals surface area contributed by atoms with E-state index >= 15 is 0 Å². The van der Waals surface area contributed by atoms with E-state index in [4.69, 9.17) is 9.15 Å². The number of rotatable bonds is 6. The number of furan rings is 1. The lowest BCUT2D eigenvalue weighted by atomic mass is 10.3. The number of hydrogen-bond donors (Lipinski definition) is 1. The molecule has 114 valence electrons. The van der Waals surface area contributed by atoms with Crippen LogP contribution in [0.3, 0.4) is 0 Å². The van der Waals surface area contributed by atoms with E-state index in [1.165, 1.54) is 12.1 Å². The van der Waals surface area contributed by atoms with E-state index in [2.05, 4.69) is 26.5 Å². The summed E-state index contributed by atoms with van der Waals surface area (Å²) in [6.45, 7) is -0.224. The number of nitrogens with zero attached hydrogens (tertiary/aromatic N) is 2. The van der Waals surface area contributed by atoms with Gasteiger partial charge in [0.2, 0.25) is 0 Å². The molecule has 1 amide bonds. The molecule has 0 aliphatic heterocycles. The Morgan fingerprint density at radius 1 is 1.41 bits per heavy atom. The molecular weight excluding hydrogens is 358 g/mol. The Bertz CT molecular complexity index is 713. The first-order valence-electron chi connectivity index (χ1n) is 5.99. The van der Waals surface area contributed by atoms with Crippen LogP contribution in [0.15, 0.2) is 50.4 Å². The Hall–Kier alpha value is -2.68. The number of benzene rings is 1. The van der Waals surface area contributed by atoms with Crippen LogP contribution in [-0.4, -0.2) is 23.7 Å². The van der Waals surface area contributed by atoms with Crippen LogP contribution >= 0.6 is 15.9 Å². The fourth-order valence-corrected chi connectivity index (χ4v) is 1.81. The minimum absolute atomic E-state index is 0.152. The molecule has 0 aliphatic rings. The molecule has 0 unspecified atom stereocenters. The number of nitro groups is 1. The van der Waals surface area contributed by atoms with Crippen LogP contribution < -0.4 is 10.2 Å². The average molecular weight is 368 g/mol. The fourth-order valence-electron chi connectivity index (χ4n) is 1.41. The van der Waals surface area contributed by atoms with Crippen LogP contribution in [-0.2, 0) is 4.79 Å². The molecule has 0 spiro atoms. The summed E-state index contributed by atoms with van der Waals surface area (Å²) in [4.78, 5) is 21.3. The van der Waals surface area contributed by atoms with Crippen LogP contribution in [0.4, 0.5) is 5.88 Å². The van der Waals surface area contributed by atoms with Crippen molar-refractivity contribution >= 4 is 33.9 Å². The van der Waals surface area contributed by atoms with Gasteiger partial charge >= 0.3 is 5.88 Å². The Morgan fingerprint density at radius 2 is 2.18 bits per heavy atom. The number of halogens is 1. The predicted molar refractivity (Wildman–Crippen MR) is 80.7 cm³/mol. The molecule has 1 aromatic carbocycles. The standard InChI is InChI=1S/C13H10BrN3O5/c14-10-3-1-2-4-11(10)21-8-12(18)16-15-7-9-5-6-13(22-9)17(19)20/h1-7H,8H2,(H,16,18)/b15-7-. The largest absolute Gasteiger partial charge is 0.483 e. The van der Waals surface area contributed by atoms with Crippen molar-refractivity contribution in [2.24, 2.45) is 5.10 Å². The zero-order valence-corrected chi connectivity index (χ0v) is 12.6. The van der Waals surface area contributed by atoms with E-state index in [1.807, 2.05) is 6.07 Å². The van der Waals surface area contributed by atoms with Crippen molar-refractivity contribution < 1.29 is 18.9 Å². The van der Waals surface area contributed by atoms with Crippen molar-refractivity contribution in [1.29, 1.82) is 0 Å². The van der Waals surface area contributed by atoms with Crippen molar-refractivity contribution in [3.63, 3.8) is 0 Å². The smallest absolute Gasteiger partial charge is 0.433 e. The monoisotopic (exact) mass is 367 g/mol. The van der Waals surface area contributed by atoms with E-state index in [0.717, 1.165) is 10.7 Å². The number of nitrogens with one attached hydrogen (secondary N) is 1. The zero-order valence-electron chi connectivity index (χ0n) is 11.1. The molecule has 0 saturated carbocycles. The van der Waals surface area contributed by atoms with Gasteiger partial charge in [-0.15, -0.1) is 0 Å². The third kappa shape index (κ3) is 4.42. The molecule has 9 heteroatoms. The predicted octanol–water partition coefficient (Wildman–Crippen LogP) is 2.48. The second-order valence-corrected chi connectivity index (χ2v) is 4.80. The van der Waals surface area contributed by atoms with E-state index in [0.29, 0.717) is 5.75 Å². The van der Waals surface area contributed by atoms with E-state index < -0.39 is 16.7 Å². The quantitative estimate of drug-likeness (QED) is 0.479. The lowest BCUT2D eigenvalue weighted by molar-refractivity contribution is -0.402. The highest BCUT2D eigenvalue weighted by molar-refractivity contribution is 9.10. The highest BCUT2D eigenvalue weighted by Gasteiger charge is 2.10. The number of hydrazone groups is 1. The Balaban J connectivity index is 1.81. The summed E-state index contributed by atoms with van der Waals surface area (Å²) < 4.78 is 10.9. The number of carbonyl (C=O) groups is 1. The third-order valence-electron chi connectivity index (χ3n) is 2.37. The first-order chi connectivity index (χ1) is 10.6. The lowest BCUT2D eigenvalue weighted by Crippen LogP contribution is -2.24. The Labute approximate surface area is 133 Å². The number of carbonyl (C=O) groups excluding carboxylic acids is 1. The summed E-state index contributed by atoms with van der Waals surface area (Å²) >= 11 is 3.29. The van der Waals surface area contributed by atoms with Gasteiger partial charge in [-0.25, -0.2) is 5.43 Å². The van der Waals surface area contributed by atoms with Gasteiger partial charge in [0.1, 0.15) is 10.7 Å². The fraction of sp³-hybridized carbons (Fsp3) is 0.0769. The summed E-state index contributed by atoms with van der Waals surface area (Å²) in [6.07, 6.45) is 1.16. The topological polar surface area (TPSA) is 107 Å². The van der Waals surface area contributed by atoms with Crippen molar-refractivity contribution in [2.75, 3.05) is 6.61 Å². The van der Waals surface area contributed by atoms with Gasteiger partial charge in [-0.1, -0.05) is 12.1 Å². The molecular formula is C13H10BrN3O5. The minimum atomic E-state index is -0.665. The molecule has 1 N–H and O–H groups in total. The van der Waals surface area contributed by atoms with Gasteiger partial charge in [0.25, 0.3) is 5.91 Å². The molecule has 0 radical (unpaired) electrons. The van der Waals surface area contributed by atoms with Gasteiger partial charge in [-0.2, -0.15) is 5.10 Å². The molecule has 0 fully saturated rings. The van der Waals surface area contributed by atoms with Crippen molar-refractivity contribution in [3.8, 4) is 5.75 Å². The molecule has 1 heterocycles. The molecule has 0 bridgehead atoms. The second kappa shape index (κ2) is 7.36. The number of para-hydroxylation sites is 1. The normalized spacial score (nSPS) is 10.6. The molecule has 2 rings (SSSR count). The van der Waals surface area contributed by atoms with Crippen molar-refractivity contribution in [1.82, 2.24) is 5.43 Å². The van der Waals surface area contributed by atoms with Gasteiger partial charge in [-0.3, -0.25) is 14.9 Å². The highest BCUT2D eigenvalue weighted by atomic mass is 79.9. The summed E-state index contributed by atoms with van der Waals surface area (Å²) in [5, 5.41) is 14.0. The van der Waals surface area contributed by atoms with Gasteiger partial charge in [0, 0.05) is 0 Å². The lowest BCUT2D eigenvalue weighted by Gasteiger charge is -2.06. The van der Waals surface area contributed by atoms with Gasteiger partial charge in [-0.05, 0) is 34.1 Å². The highest BCUT2D eigenvalue weighted by Crippen LogP contribution is 2.23. The minimum Gasteiger partial charge on any atom is -0.483 e. The molecule has 0 atom stereocenters. The second-order valence-electron chi connectivity index (χ2n) is 3.95. The molecule has 0 saturated heterocycles. The summed E-state index contributed by atoms with van der Waals surface area (Å²) in [5.74, 6) is -0.194. The molecule has 1 aromatic heterocycles. The zero-order chi connectivity index (χ0) is 15.9. The van der Waals surface area contributed by atoms with Crippen LogP contribution in [0.25, 0.3) is 0 Å². The summed E-state index contributed by atoms with van der Waals surface area (Å²) in [6, 6.07) is 9.66. The summed E-state index contributed by atoms with van der Waals surface area (Å²) in [7, 11) is 0. The maximum atomic E-state index is 11.5. The van der Waals surface area contributed by atoms with Crippen LogP contribution in [0.2, 0.25) is 0 Å². The van der Waals surface area contributed by atoms with Gasteiger partial charge < -0.3 is 9.15 Å². The maximum Gasteiger partial charge on any atom is 0.433 e. The first-order valence-corrected chi connectivity index (χ1v) is 6.79. The van der Waals surface area contributed by atoms with Gasteiger partial charge in [0.15, 0.2) is 12.4 Å². The van der Waals surface area contributed by atoms with Crippen LogP contribution in [0, 0.1) is 10.1 Å². The Morgan fingerprint density at radius 3 is 2.86 bits per heavy atom. The first kappa shape index (κ1) is 15.7. The number of hydrogen-bond acceptors (Lipinski definition) is 6. The average Bonchev–Trinajstić information content (AvgIpc) is 2.95. The third-order valence-corrected chi connectivity index (χ3v) is 3.02. The molecule has 2 aromatic rings. The SMILES string of the molecule is O=C(COc1ccccc1Br)N/N=C\c1ccc([N+](=O)[O-])o1. The van der Waals surface area contributed by atoms with Crippen LogP contribution in [0.1, 0.15) is 5.76 Å². The molecule has 0 aliphatic carbocycles. The summed E-state index contributed by atoms with van der Waals surface area (Å²) in [5.41, 5.74) is 2.22. The van der Waals surface area contributed by atoms with Crippen molar-refractivity contribution in [3.05, 3.63) is 56.7 Å². The Kier molecular flexibility index (Phi) is 5.26. The molecule has 8 nitrogen and oxygen atoms in total.